The number of nitrogens with zero attached hydrogens (tertiary/aromatic N) is 3. The van der Waals surface area contributed by atoms with E-state index >= 15 is 0 Å². The van der Waals surface area contributed by atoms with Crippen LogP contribution in [-0.4, -0.2) is 38.2 Å². The summed E-state index contributed by atoms with van der Waals surface area (Å²) in [6, 6.07) is 10.3. The predicted molar refractivity (Wildman–Crippen MR) is 74.2 cm³/mol. The molecule has 0 saturated carbocycles. The van der Waals surface area contributed by atoms with Crippen molar-refractivity contribution in [1.29, 1.82) is 0 Å². The molecule has 0 atom stereocenters. The van der Waals surface area contributed by atoms with Gasteiger partial charge in [-0.05, 0) is 26.0 Å². The highest BCUT2D eigenvalue weighted by Crippen LogP contribution is 2.23. The molecule has 1 N–H and O–H groups in total. The molecule has 100 valence electrons. The first-order chi connectivity index (χ1) is 9.05. The van der Waals surface area contributed by atoms with Gasteiger partial charge in [0.2, 0.25) is 0 Å². The monoisotopic (exact) mass is 257 g/mol. The molecule has 0 unspecified atom stereocenters. The second kappa shape index (κ2) is 4.47. The van der Waals surface area contributed by atoms with Crippen LogP contribution < -0.4 is 0 Å². The Morgan fingerprint density at radius 1 is 1.26 bits per heavy atom. The Balaban J connectivity index is 1.84. The second-order valence-corrected chi connectivity index (χ2v) is 5.61. The molecule has 0 radical (unpaired) electrons. The van der Waals surface area contributed by atoms with Crippen LogP contribution in [0, 0.1) is 6.92 Å². The van der Waals surface area contributed by atoms with E-state index in [1.165, 1.54) is 5.69 Å². The fraction of sp³-hybridized carbons (Fsp3) is 0.400. The zero-order valence-corrected chi connectivity index (χ0v) is 11.4. The van der Waals surface area contributed by atoms with Gasteiger partial charge in [-0.25, -0.2) is 4.98 Å². The van der Waals surface area contributed by atoms with Gasteiger partial charge < -0.3 is 5.11 Å². The summed E-state index contributed by atoms with van der Waals surface area (Å²) < 4.78 is 2.17. The first kappa shape index (κ1) is 12.4. The molecule has 1 fully saturated rings. The van der Waals surface area contributed by atoms with Gasteiger partial charge >= 0.3 is 0 Å². The van der Waals surface area contributed by atoms with Crippen molar-refractivity contribution in [3.8, 4) is 5.69 Å². The van der Waals surface area contributed by atoms with Crippen molar-refractivity contribution in [3.05, 3.63) is 48.0 Å². The highest BCUT2D eigenvalue weighted by Gasteiger charge is 2.36. The number of aliphatic hydroxyl groups is 1. The first-order valence-corrected chi connectivity index (χ1v) is 6.58. The number of imidazole rings is 1. The molecule has 2 aromatic rings. The Morgan fingerprint density at radius 3 is 2.58 bits per heavy atom. The van der Waals surface area contributed by atoms with Gasteiger partial charge in [-0.1, -0.05) is 18.2 Å². The van der Waals surface area contributed by atoms with Gasteiger partial charge in [-0.3, -0.25) is 9.47 Å². The number of hydrogen-bond donors (Lipinski definition) is 1. The van der Waals surface area contributed by atoms with Crippen LogP contribution in [0.3, 0.4) is 0 Å². The third kappa shape index (κ3) is 2.41. The van der Waals surface area contributed by atoms with Gasteiger partial charge in [-0.2, -0.15) is 0 Å². The first-order valence-electron chi connectivity index (χ1n) is 6.58. The average molecular weight is 257 g/mol. The maximum atomic E-state index is 9.79. The summed E-state index contributed by atoms with van der Waals surface area (Å²) in [7, 11) is 0. The maximum absolute atomic E-state index is 9.79. The number of likely N-dealkylation sites (tertiary alicyclic amines) is 1. The van der Waals surface area contributed by atoms with Crippen LogP contribution in [-0.2, 0) is 6.54 Å². The van der Waals surface area contributed by atoms with E-state index in [2.05, 4.69) is 26.6 Å². The summed E-state index contributed by atoms with van der Waals surface area (Å²) in [6.07, 6.45) is 1.93. The summed E-state index contributed by atoms with van der Waals surface area (Å²) in [4.78, 5) is 6.65. The van der Waals surface area contributed by atoms with E-state index in [9.17, 15) is 5.11 Å². The van der Waals surface area contributed by atoms with Gasteiger partial charge in [0.05, 0.1) is 17.5 Å². The minimum atomic E-state index is -0.521. The highest BCUT2D eigenvalue weighted by atomic mass is 16.3. The van der Waals surface area contributed by atoms with Gasteiger partial charge in [0.1, 0.15) is 5.82 Å². The number of aromatic nitrogens is 2. The molecular weight excluding hydrogens is 238 g/mol. The average Bonchev–Trinajstić information content (AvgIpc) is 2.69. The molecule has 4 heteroatoms. The number of rotatable bonds is 3. The molecule has 0 bridgehead atoms. The molecule has 4 nitrogen and oxygen atoms in total. The lowest BCUT2D eigenvalue weighted by Gasteiger charge is -2.44. The Kier molecular flexibility index (Phi) is 2.92. The summed E-state index contributed by atoms with van der Waals surface area (Å²) in [5.41, 5.74) is 1.78. The normalized spacial score (nSPS) is 18.3. The molecule has 1 saturated heterocycles. The van der Waals surface area contributed by atoms with E-state index in [1.54, 1.807) is 0 Å². The third-order valence-corrected chi connectivity index (χ3v) is 3.54. The van der Waals surface area contributed by atoms with Crippen molar-refractivity contribution in [1.82, 2.24) is 14.5 Å². The maximum Gasteiger partial charge on any atom is 0.110 e. The zero-order valence-electron chi connectivity index (χ0n) is 11.4. The smallest absolute Gasteiger partial charge is 0.110 e. The summed E-state index contributed by atoms with van der Waals surface area (Å²) in [6.45, 7) is 6.18. The third-order valence-electron chi connectivity index (χ3n) is 3.54. The minimum absolute atomic E-state index is 0.521. The van der Waals surface area contributed by atoms with Crippen molar-refractivity contribution >= 4 is 0 Å². The number of aryl methyl sites for hydroxylation is 1. The van der Waals surface area contributed by atoms with Crippen LogP contribution in [0.5, 0.6) is 0 Å². The Hall–Kier alpha value is -1.65. The topological polar surface area (TPSA) is 41.3 Å². The number of para-hydroxylation sites is 1. The number of hydrogen-bond acceptors (Lipinski definition) is 3. The van der Waals surface area contributed by atoms with Crippen molar-refractivity contribution in [2.45, 2.75) is 26.0 Å². The van der Waals surface area contributed by atoms with E-state index in [4.69, 9.17) is 0 Å². The van der Waals surface area contributed by atoms with E-state index in [0.717, 1.165) is 31.1 Å². The fourth-order valence-electron chi connectivity index (χ4n) is 2.79. The van der Waals surface area contributed by atoms with E-state index in [-0.39, 0.29) is 0 Å². The summed E-state index contributed by atoms with van der Waals surface area (Å²) in [5.74, 6) is 0.994. The van der Waals surface area contributed by atoms with Gasteiger partial charge in [-0.15, -0.1) is 0 Å². The molecule has 1 aromatic carbocycles. The van der Waals surface area contributed by atoms with E-state index in [0.29, 0.717) is 0 Å². The molecule has 0 amide bonds. The van der Waals surface area contributed by atoms with Crippen LogP contribution in [0.4, 0.5) is 0 Å². The second-order valence-electron chi connectivity index (χ2n) is 5.61. The van der Waals surface area contributed by atoms with E-state index in [1.807, 2.05) is 38.2 Å². The Labute approximate surface area is 113 Å². The van der Waals surface area contributed by atoms with Crippen LogP contribution in [0.25, 0.3) is 5.69 Å². The van der Waals surface area contributed by atoms with Crippen LogP contribution >= 0.6 is 0 Å². The highest BCUT2D eigenvalue weighted by molar-refractivity contribution is 5.35. The minimum Gasteiger partial charge on any atom is -0.388 e. The van der Waals surface area contributed by atoms with Crippen molar-refractivity contribution in [2.75, 3.05) is 13.1 Å². The Morgan fingerprint density at radius 2 is 1.95 bits per heavy atom. The molecule has 0 aliphatic carbocycles. The standard InChI is InChI=1S/C15H19N3O/c1-12-16-8-14(9-17-10-15(2,19)11-17)18(12)13-6-4-3-5-7-13/h3-8,19H,9-11H2,1-2H3. The molecule has 1 aromatic heterocycles. The molecule has 3 rings (SSSR count). The van der Waals surface area contributed by atoms with Gasteiger partial charge in [0.25, 0.3) is 0 Å². The van der Waals surface area contributed by atoms with Crippen LogP contribution in [0.2, 0.25) is 0 Å². The lowest BCUT2D eigenvalue weighted by atomic mass is 9.97. The zero-order chi connectivity index (χ0) is 13.5. The number of benzene rings is 1. The largest absolute Gasteiger partial charge is 0.388 e. The van der Waals surface area contributed by atoms with Crippen molar-refractivity contribution in [2.24, 2.45) is 0 Å². The molecule has 19 heavy (non-hydrogen) atoms. The molecule has 1 aliphatic rings. The van der Waals surface area contributed by atoms with Crippen LogP contribution in [0.15, 0.2) is 36.5 Å². The number of β-amino-alcohol motifs (C(OH)–C–C–N with tert-alkyl or cyclic N) is 1. The predicted octanol–water partition coefficient (Wildman–Crippen LogP) is 1.75. The Bertz CT molecular complexity index is 566. The molecule has 0 spiro atoms. The summed E-state index contributed by atoms with van der Waals surface area (Å²) >= 11 is 0. The summed E-state index contributed by atoms with van der Waals surface area (Å²) in [5, 5.41) is 9.79. The van der Waals surface area contributed by atoms with Crippen LogP contribution in [0.1, 0.15) is 18.4 Å². The SMILES string of the molecule is Cc1ncc(CN2CC(C)(O)C2)n1-c1ccccc1. The van der Waals surface area contributed by atoms with Gasteiger partial charge in [0, 0.05) is 25.3 Å². The molecular formula is C15H19N3O. The quantitative estimate of drug-likeness (QED) is 0.910. The fourth-order valence-corrected chi connectivity index (χ4v) is 2.79. The van der Waals surface area contributed by atoms with Crippen molar-refractivity contribution in [3.63, 3.8) is 0 Å². The molecule has 1 aliphatic heterocycles. The van der Waals surface area contributed by atoms with Gasteiger partial charge in [0.15, 0.2) is 0 Å². The lowest BCUT2D eigenvalue weighted by Crippen LogP contribution is -2.59. The van der Waals surface area contributed by atoms with Crippen molar-refractivity contribution < 1.29 is 5.11 Å². The lowest BCUT2D eigenvalue weighted by molar-refractivity contribution is -0.0877. The molecule has 2 heterocycles. The van der Waals surface area contributed by atoms with E-state index < -0.39 is 5.60 Å².